The topological polar surface area (TPSA) is 12.0 Å². The van der Waals surface area contributed by atoms with Gasteiger partial charge < -0.3 is 5.32 Å². The van der Waals surface area contributed by atoms with Crippen LogP contribution in [0.2, 0.25) is 5.02 Å². The van der Waals surface area contributed by atoms with Gasteiger partial charge in [0.15, 0.2) is 0 Å². The predicted octanol–water partition coefficient (Wildman–Crippen LogP) is 3.67. The summed E-state index contributed by atoms with van der Waals surface area (Å²) in [4.78, 5) is 0. The van der Waals surface area contributed by atoms with Gasteiger partial charge in [-0.15, -0.1) is 0 Å². The van der Waals surface area contributed by atoms with E-state index in [1.807, 2.05) is 25.1 Å². The van der Waals surface area contributed by atoms with E-state index in [1.165, 1.54) is 0 Å². The van der Waals surface area contributed by atoms with Gasteiger partial charge in [0.05, 0.1) is 6.54 Å². The summed E-state index contributed by atoms with van der Waals surface area (Å²) in [6.45, 7) is 1.28. The lowest BCUT2D eigenvalue weighted by Gasteiger charge is -2.14. The largest absolute Gasteiger partial charge is 0.401 e. The van der Waals surface area contributed by atoms with Gasteiger partial charge in [-0.25, -0.2) is 0 Å². The molecule has 0 aromatic heterocycles. The minimum atomic E-state index is -4.15. The Morgan fingerprint density at radius 1 is 1.29 bits per heavy atom. The second-order valence-electron chi connectivity index (χ2n) is 4.15. The molecular weight excluding hydrogens is 251 g/mol. The van der Waals surface area contributed by atoms with Crippen LogP contribution in [0.25, 0.3) is 0 Å². The molecule has 1 rings (SSSR count). The Kier molecular flexibility index (Phi) is 5.28. The lowest BCUT2D eigenvalue weighted by molar-refractivity contribution is -0.125. The first kappa shape index (κ1) is 14.3. The SMILES string of the molecule is CC(CNCC(F)(F)F)Cc1ccccc1Cl. The van der Waals surface area contributed by atoms with Crippen molar-refractivity contribution >= 4 is 11.6 Å². The van der Waals surface area contributed by atoms with Crippen LogP contribution in [0, 0.1) is 5.92 Å². The van der Waals surface area contributed by atoms with Crippen LogP contribution in [0.3, 0.4) is 0 Å². The molecular formula is C12H15ClF3N. The highest BCUT2D eigenvalue weighted by Crippen LogP contribution is 2.18. The molecule has 1 aromatic carbocycles. The first-order chi connectivity index (χ1) is 7.88. The number of hydrogen-bond acceptors (Lipinski definition) is 1. The van der Waals surface area contributed by atoms with Crippen LogP contribution in [-0.4, -0.2) is 19.3 Å². The second-order valence-corrected chi connectivity index (χ2v) is 4.55. The van der Waals surface area contributed by atoms with Crippen molar-refractivity contribution in [2.75, 3.05) is 13.1 Å². The summed E-state index contributed by atoms with van der Waals surface area (Å²) >= 11 is 5.97. The maximum Gasteiger partial charge on any atom is 0.401 e. The molecule has 17 heavy (non-hydrogen) atoms. The average molecular weight is 266 g/mol. The van der Waals surface area contributed by atoms with Gasteiger partial charge in [-0.3, -0.25) is 0 Å². The summed E-state index contributed by atoms with van der Waals surface area (Å²) in [5.41, 5.74) is 0.968. The first-order valence-electron chi connectivity index (χ1n) is 5.39. The molecule has 0 fully saturated rings. The average Bonchev–Trinajstić information content (AvgIpc) is 2.19. The van der Waals surface area contributed by atoms with E-state index in [1.54, 1.807) is 6.07 Å². The Labute approximate surface area is 104 Å². The molecule has 1 aromatic rings. The maximum absolute atomic E-state index is 11.9. The van der Waals surface area contributed by atoms with E-state index in [0.29, 0.717) is 18.0 Å². The molecule has 0 saturated carbocycles. The summed E-state index contributed by atoms with van der Waals surface area (Å²) in [6, 6.07) is 7.38. The zero-order valence-electron chi connectivity index (χ0n) is 9.52. The predicted molar refractivity (Wildman–Crippen MR) is 63.2 cm³/mol. The van der Waals surface area contributed by atoms with Crippen molar-refractivity contribution in [1.29, 1.82) is 0 Å². The smallest absolute Gasteiger partial charge is 0.308 e. The molecule has 96 valence electrons. The molecule has 1 N–H and O–H groups in total. The minimum absolute atomic E-state index is 0.109. The molecule has 0 aliphatic carbocycles. The zero-order chi connectivity index (χ0) is 12.9. The number of benzene rings is 1. The summed E-state index contributed by atoms with van der Waals surface area (Å²) < 4.78 is 35.7. The number of alkyl halides is 3. The van der Waals surface area contributed by atoms with Crippen LogP contribution >= 0.6 is 11.6 Å². The van der Waals surface area contributed by atoms with E-state index >= 15 is 0 Å². The van der Waals surface area contributed by atoms with Gasteiger partial charge >= 0.3 is 6.18 Å². The third kappa shape index (κ3) is 5.94. The number of hydrogen-bond donors (Lipinski definition) is 1. The van der Waals surface area contributed by atoms with Gasteiger partial charge in [-0.05, 0) is 30.5 Å². The van der Waals surface area contributed by atoms with Gasteiger partial charge in [0.25, 0.3) is 0 Å². The first-order valence-corrected chi connectivity index (χ1v) is 5.77. The van der Waals surface area contributed by atoms with Crippen LogP contribution in [0.15, 0.2) is 24.3 Å². The molecule has 1 atom stereocenters. The fourth-order valence-electron chi connectivity index (χ4n) is 1.57. The van der Waals surface area contributed by atoms with Gasteiger partial charge in [0.2, 0.25) is 0 Å². The molecule has 0 radical (unpaired) electrons. The second kappa shape index (κ2) is 6.26. The van der Waals surface area contributed by atoms with Crippen molar-refractivity contribution in [2.24, 2.45) is 5.92 Å². The van der Waals surface area contributed by atoms with Gasteiger partial charge in [0, 0.05) is 5.02 Å². The summed E-state index contributed by atoms with van der Waals surface area (Å²) in [5.74, 6) is 0.109. The van der Waals surface area contributed by atoms with Crippen molar-refractivity contribution in [1.82, 2.24) is 5.32 Å². The van der Waals surface area contributed by atoms with E-state index in [2.05, 4.69) is 5.32 Å². The van der Waals surface area contributed by atoms with Crippen LogP contribution in [0.1, 0.15) is 12.5 Å². The summed E-state index contributed by atoms with van der Waals surface area (Å²) in [7, 11) is 0. The van der Waals surface area contributed by atoms with E-state index in [4.69, 9.17) is 11.6 Å². The monoisotopic (exact) mass is 265 g/mol. The molecule has 1 nitrogen and oxygen atoms in total. The Morgan fingerprint density at radius 3 is 2.53 bits per heavy atom. The highest BCUT2D eigenvalue weighted by Gasteiger charge is 2.26. The molecule has 0 heterocycles. The highest BCUT2D eigenvalue weighted by atomic mass is 35.5. The van der Waals surface area contributed by atoms with Gasteiger partial charge in [-0.1, -0.05) is 36.7 Å². The van der Waals surface area contributed by atoms with Crippen LogP contribution < -0.4 is 5.32 Å². The molecule has 0 aliphatic rings. The summed E-state index contributed by atoms with van der Waals surface area (Å²) in [6.07, 6.45) is -3.48. The molecule has 5 heteroatoms. The molecule has 0 bridgehead atoms. The number of nitrogens with one attached hydrogen (secondary N) is 1. The molecule has 0 aliphatic heterocycles. The van der Waals surface area contributed by atoms with Crippen LogP contribution in [-0.2, 0) is 6.42 Å². The summed E-state index contributed by atoms with van der Waals surface area (Å²) in [5, 5.41) is 3.06. The van der Waals surface area contributed by atoms with Gasteiger partial charge in [-0.2, -0.15) is 13.2 Å². The minimum Gasteiger partial charge on any atom is -0.308 e. The fraction of sp³-hybridized carbons (Fsp3) is 0.500. The van der Waals surface area contributed by atoms with Crippen molar-refractivity contribution in [3.63, 3.8) is 0 Å². The quantitative estimate of drug-likeness (QED) is 0.857. The zero-order valence-corrected chi connectivity index (χ0v) is 10.3. The molecule has 0 spiro atoms. The van der Waals surface area contributed by atoms with E-state index in [9.17, 15) is 13.2 Å². The van der Waals surface area contributed by atoms with Crippen molar-refractivity contribution in [3.05, 3.63) is 34.9 Å². The molecule has 1 unspecified atom stereocenters. The lowest BCUT2D eigenvalue weighted by Crippen LogP contribution is -2.32. The van der Waals surface area contributed by atoms with Crippen molar-refractivity contribution in [2.45, 2.75) is 19.5 Å². The van der Waals surface area contributed by atoms with E-state index in [-0.39, 0.29) is 5.92 Å². The fourth-order valence-corrected chi connectivity index (χ4v) is 1.78. The van der Waals surface area contributed by atoms with Crippen molar-refractivity contribution < 1.29 is 13.2 Å². The Morgan fingerprint density at radius 2 is 1.94 bits per heavy atom. The molecule has 0 amide bonds. The van der Waals surface area contributed by atoms with Gasteiger partial charge in [0.1, 0.15) is 0 Å². The third-order valence-corrected chi connectivity index (χ3v) is 2.71. The maximum atomic E-state index is 11.9. The normalized spacial score (nSPS) is 13.7. The lowest BCUT2D eigenvalue weighted by atomic mass is 10.0. The highest BCUT2D eigenvalue weighted by molar-refractivity contribution is 6.31. The number of halogens is 4. The third-order valence-electron chi connectivity index (χ3n) is 2.34. The van der Waals surface area contributed by atoms with E-state index in [0.717, 1.165) is 5.56 Å². The Bertz CT molecular complexity index is 352. The standard InChI is InChI=1S/C12H15ClF3N/c1-9(7-17-8-12(14,15)16)6-10-4-2-3-5-11(10)13/h2-5,9,17H,6-8H2,1H3. The number of rotatable bonds is 5. The Hall–Kier alpha value is -0.740. The van der Waals surface area contributed by atoms with E-state index < -0.39 is 12.7 Å². The Balaban J connectivity index is 2.35. The van der Waals surface area contributed by atoms with Crippen molar-refractivity contribution in [3.8, 4) is 0 Å². The van der Waals surface area contributed by atoms with Crippen LogP contribution in [0.5, 0.6) is 0 Å². The molecule has 0 saturated heterocycles. The van der Waals surface area contributed by atoms with Crippen LogP contribution in [0.4, 0.5) is 13.2 Å².